The molecule has 1 heterocycles. The van der Waals surface area contributed by atoms with Crippen LogP contribution >= 0.6 is 0 Å². The number of methoxy groups -OCH3 is 3. The van der Waals surface area contributed by atoms with Gasteiger partial charge in [0.1, 0.15) is 6.33 Å². The SMILES string of the molecule is COc1cc(Nc2ncnc(Nc3ccccc3NNNc3ccc(C#N)cc3)n2)cc(OC)c1OC. The van der Waals surface area contributed by atoms with Gasteiger partial charge in [-0.1, -0.05) is 12.1 Å². The average molecular weight is 500 g/mol. The summed E-state index contributed by atoms with van der Waals surface area (Å²) in [6, 6.07) is 20.2. The van der Waals surface area contributed by atoms with Crippen molar-refractivity contribution in [2.45, 2.75) is 0 Å². The monoisotopic (exact) mass is 499 g/mol. The van der Waals surface area contributed by atoms with Crippen molar-refractivity contribution in [2.75, 3.05) is 42.8 Å². The molecule has 0 bridgehead atoms. The van der Waals surface area contributed by atoms with Crippen molar-refractivity contribution in [3.05, 3.63) is 72.6 Å². The number of hydrogen-bond acceptors (Lipinski definition) is 12. The highest BCUT2D eigenvalue weighted by Crippen LogP contribution is 2.40. The highest BCUT2D eigenvalue weighted by molar-refractivity contribution is 5.72. The second kappa shape index (κ2) is 11.9. The Hall–Kier alpha value is -5.28. The zero-order valence-corrected chi connectivity index (χ0v) is 20.4. The fourth-order valence-corrected chi connectivity index (χ4v) is 3.32. The molecule has 0 radical (unpaired) electrons. The minimum atomic E-state index is 0.317. The molecule has 12 nitrogen and oxygen atoms in total. The van der Waals surface area contributed by atoms with Gasteiger partial charge in [0, 0.05) is 17.8 Å². The standard InChI is InChI=1S/C25H25N9O3/c1-35-21-12-18(13-22(36-2)23(21)37-3)29-24-27-15-28-25(31-24)30-19-6-4-5-7-20(19)33-34-32-17-10-8-16(14-26)9-11-17/h4-13,15,32-34H,1-3H3,(H2,27,28,29,30,31). The van der Waals surface area contributed by atoms with Gasteiger partial charge in [-0.25, -0.2) is 9.97 Å². The molecule has 0 saturated carbocycles. The number of anilines is 6. The van der Waals surface area contributed by atoms with Crippen molar-refractivity contribution in [1.29, 1.82) is 5.26 Å². The normalized spacial score (nSPS) is 10.1. The van der Waals surface area contributed by atoms with Crippen LogP contribution in [0, 0.1) is 11.3 Å². The lowest BCUT2D eigenvalue weighted by atomic mass is 10.2. The van der Waals surface area contributed by atoms with Crippen molar-refractivity contribution in [1.82, 2.24) is 20.5 Å². The van der Waals surface area contributed by atoms with Crippen LogP contribution in [0.2, 0.25) is 0 Å². The van der Waals surface area contributed by atoms with E-state index in [2.05, 4.69) is 48.0 Å². The Bertz CT molecular complexity index is 1370. The molecular formula is C25H25N9O3. The fraction of sp³-hybridized carbons (Fsp3) is 0.120. The second-order valence-corrected chi connectivity index (χ2v) is 7.41. The van der Waals surface area contributed by atoms with Gasteiger partial charge in [0.05, 0.1) is 50.0 Å². The number of hydrazine groups is 2. The molecule has 4 aromatic rings. The summed E-state index contributed by atoms with van der Waals surface area (Å²) in [5.74, 6) is 2.13. The van der Waals surface area contributed by atoms with Crippen LogP contribution in [0.5, 0.6) is 17.2 Å². The summed E-state index contributed by atoms with van der Waals surface area (Å²) in [7, 11) is 4.64. The van der Waals surface area contributed by atoms with E-state index in [-0.39, 0.29) is 0 Å². The number of aromatic nitrogens is 3. The van der Waals surface area contributed by atoms with Crippen molar-refractivity contribution in [2.24, 2.45) is 0 Å². The van der Waals surface area contributed by atoms with E-state index >= 15 is 0 Å². The number of nitrogens with one attached hydrogen (secondary N) is 5. The third kappa shape index (κ3) is 6.24. The zero-order chi connectivity index (χ0) is 26.0. The molecule has 0 aliphatic carbocycles. The van der Waals surface area contributed by atoms with E-state index in [1.807, 2.05) is 24.3 Å². The number of benzene rings is 3. The Morgan fingerprint density at radius 2 is 1.38 bits per heavy atom. The number of ether oxygens (including phenoxy) is 3. The maximum Gasteiger partial charge on any atom is 0.232 e. The van der Waals surface area contributed by atoms with E-state index in [0.29, 0.717) is 40.4 Å². The molecule has 4 rings (SSSR count). The van der Waals surface area contributed by atoms with Crippen LogP contribution < -0.4 is 41.2 Å². The van der Waals surface area contributed by atoms with E-state index in [0.717, 1.165) is 17.1 Å². The van der Waals surface area contributed by atoms with Crippen molar-refractivity contribution in [3.8, 4) is 23.3 Å². The number of hydrogen-bond donors (Lipinski definition) is 5. The predicted molar refractivity (Wildman–Crippen MR) is 140 cm³/mol. The summed E-state index contributed by atoms with van der Waals surface area (Å²) < 4.78 is 16.2. The van der Waals surface area contributed by atoms with Gasteiger partial charge in [-0.15, -0.1) is 5.53 Å². The van der Waals surface area contributed by atoms with Gasteiger partial charge in [-0.05, 0) is 36.4 Å². The smallest absolute Gasteiger partial charge is 0.232 e. The summed E-state index contributed by atoms with van der Waals surface area (Å²) in [6.45, 7) is 0. The molecule has 188 valence electrons. The first-order valence-corrected chi connectivity index (χ1v) is 11.0. The number of nitrogens with zero attached hydrogens (tertiary/aromatic N) is 4. The van der Waals surface area contributed by atoms with Gasteiger partial charge in [-0.3, -0.25) is 0 Å². The fourth-order valence-electron chi connectivity index (χ4n) is 3.32. The lowest BCUT2D eigenvalue weighted by molar-refractivity contribution is 0.324. The summed E-state index contributed by atoms with van der Waals surface area (Å²) in [4.78, 5) is 12.9. The minimum Gasteiger partial charge on any atom is -0.493 e. The van der Waals surface area contributed by atoms with Crippen LogP contribution in [0.1, 0.15) is 5.56 Å². The first-order chi connectivity index (χ1) is 18.1. The Morgan fingerprint density at radius 1 is 0.730 bits per heavy atom. The van der Waals surface area contributed by atoms with Gasteiger partial charge in [0.15, 0.2) is 11.5 Å². The lowest BCUT2D eigenvalue weighted by Gasteiger charge is -2.16. The van der Waals surface area contributed by atoms with Gasteiger partial charge >= 0.3 is 0 Å². The molecule has 37 heavy (non-hydrogen) atoms. The third-order valence-corrected chi connectivity index (χ3v) is 5.08. The zero-order valence-electron chi connectivity index (χ0n) is 20.4. The Kier molecular flexibility index (Phi) is 8.00. The highest BCUT2D eigenvalue weighted by Gasteiger charge is 2.14. The molecule has 0 spiro atoms. The van der Waals surface area contributed by atoms with E-state index in [9.17, 15) is 0 Å². The van der Waals surface area contributed by atoms with Crippen LogP contribution in [0.15, 0.2) is 67.0 Å². The predicted octanol–water partition coefficient (Wildman–Crippen LogP) is 4.20. The van der Waals surface area contributed by atoms with Gasteiger partial charge in [0.2, 0.25) is 17.6 Å². The number of nitriles is 1. The second-order valence-electron chi connectivity index (χ2n) is 7.41. The number of rotatable bonds is 11. The molecule has 0 amide bonds. The molecule has 5 N–H and O–H groups in total. The molecule has 0 aliphatic rings. The van der Waals surface area contributed by atoms with E-state index in [1.165, 1.54) is 6.33 Å². The van der Waals surface area contributed by atoms with Crippen LogP contribution in [0.4, 0.5) is 34.6 Å². The molecule has 0 aliphatic heterocycles. The maximum atomic E-state index is 8.92. The minimum absolute atomic E-state index is 0.317. The third-order valence-electron chi connectivity index (χ3n) is 5.08. The Balaban J connectivity index is 1.45. The van der Waals surface area contributed by atoms with Crippen LogP contribution in [-0.2, 0) is 0 Å². The van der Waals surface area contributed by atoms with Crippen LogP contribution in [0.25, 0.3) is 0 Å². The van der Waals surface area contributed by atoms with E-state index in [4.69, 9.17) is 19.5 Å². The molecule has 12 heteroatoms. The lowest BCUT2D eigenvalue weighted by Crippen LogP contribution is -2.28. The van der Waals surface area contributed by atoms with Gasteiger partial charge in [0.25, 0.3) is 0 Å². The largest absolute Gasteiger partial charge is 0.493 e. The molecule has 0 fully saturated rings. The Labute approximate surface area is 213 Å². The van der Waals surface area contributed by atoms with Gasteiger partial charge < -0.3 is 35.7 Å². The topological polar surface area (TPSA) is 150 Å². The van der Waals surface area contributed by atoms with Crippen molar-refractivity contribution >= 4 is 34.6 Å². The molecule has 0 unspecified atom stereocenters. The summed E-state index contributed by atoms with van der Waals surface area (Å²) in [5, 5.41) is 15.2. The Morgan fingerprint density at radius 3 is 2.00 bits per heavy atom. The summed E-state index contributed by atoms with van der Waals surface area (Å²) in [5.41, 5.74) is 12.5. The van der Waals surface area contributed by atoms with Crippen LogP contribution in [-0.4, -0.2) is 36.3 Å². The van der Waals surface area contributed by atoms with Gasteiger partial charge in [-0.2, -0.15) is 10.2 Å². The van der Waals surface area contributed by atoms with Crippen LogP contribution in [0.3, 0.4) is 0 Å². The summed E-state index contributed by atoms with van der Waals surface area (Å²) >= 11 is 0. The molecular weight excluding hydrogens is 474 g/mol. The van der Waals surface area contributed by atoms with Crippen molar-refractivity contribution < 1.29 is 14.2 Å². The first kappa shape index (κ1) is 24.8. The summed E-state index contributed by atoms with van der Waals surface area (Å²) in [6.07, 6.45) is 1.40. The van der Waals surface area contributed by atoms with E-state index in [1.54, 1.807) is 57.7 Å². The number of para-hydroxylation sites is 2. The molecule has 3 aromatic carbocycles. The van der Waals surface area contributed by atoms with E-state index < -0.39 is 0 Å². The average Bonchev–Trinajstić information content (AvgIpc) is 2.94. The quantitative estimate of drug-likeness (QED) is 0.188. The highest BCUT2D eigenvalue weighted by atomic mass is 16.5. The maximum absolute atomic E-state index is 8.92. The molecule has 1 aromatic heterocycles. The first-order valence-electron chi connectivity index (χ1n) is 11.0. The molecule has 0 atom stereocenters. The van der Waals surface area contributed by atoms with Crippen molar-refractivity contribution in [3.63, 3.8) is 0 Å². The molecule has 0 saturated heterocycles.